The minimum absolute atomic E-state index is 0.0129. The highest BCUT2D eigenvalue weighted by Crippen LogP contribution is 2.27. The molecule has 1 aliphatic rings. The van der Waals surface area contributed by atoms with Crippen LogP contribution in [0.15, 0.2) is 47.5 Å². The third kappa shape index (κ3) is 2.78. The Morgan fingerprint density at radius 3 is 2.82 bits per heavy atom. The SMILES string of the molecule is O=C1NC(=S)SC1=Cc1cccn1-c1cccc([N+](=O)[O-])c1. The Morgan fingerprint density at radius 2 is 2.14 bits per heavy atom. The van der Waals surface area contributed by atoms with E-state index in [1.807, 2.05) is 6.07 Å². The van der Waals surface area contributed by atoms with Gasteiger partial charge in [-0.3, -0.25) is 14.9 Å². The summed E-state index contributed by atoms with van der Waals surface area (Å²) in [5.74, 6) is -0.234. The molecule has 1 aliphatic heterocycles. The fraction of sp³-hybridized carbons (Fsp3) is 0. The van der Waals surface area contributed by atoms with Gasteiger partial charge >= 0.3 is 0 Å². The van der Waals surface area contributed by atoms with Crippen LogP contribution in [-0.2, 0) is 4.79 Å². The van der Waals surface area contributed by atoms with Gasteiger partial charge in [0.05, 0.1) is 15.5 Å². The molecule has 1 N–H and O–H groups in total. The Bertz CT molecular complexity index is 826. The first-order valence-electron chi connectivity index (χ1n) is 6.21. The van der Waals surface area contributed by atoms with Crippen LogP contribution in [0.5, 0.6) is 0 Å². The molecule has 22 heavy (non-hydrogen) atoms. The number of nitro benzene ring substituents is 1. The molecule has 1 saturated heterocycles. The van der Waals surface area contributed by atoms with E-state index < -0.39 is 4.92 Å². The molecule has 2 aromatic rings. The van der Waals surface area contributed by atoms with E-state index in [0.717, 1.165) is 5.69 Å². The summed E-state index contributed by atoms with van der Waals surface area (Å²) in [6.45, 7) is 0. The number of thiocarbonyl (C=S) groups is 1. The number of nitrogens with zero attached hydrogens (tertiary/aromatic N) is 2. The van der Waals surface area contributed by atoms with Crippen molar-refractivity contribution >= 4 is 46.0 Å². The summed E-state index contributed by atoms with van der Waals surface area (Å²) < 4.78 is 2.19. The molecule has 1 amide bonds. The molecule has 0 bridgehead atoms. The Balaban J connectivity index is 2.01. The summed E-state index contributed by atoms with van der Waals surface area (Å²) in [4.78, 5) is 22.7. The normalized spacial score (nSPS) is 16.1. The second kappa shape index (κ2) is 5.74. The van der Waals surface area contributed by atoms with E-state index in [0.29, 0.717) is 14.9 Å². The number of nitrogens with one attached hydrogen (secondary N) is 1. The maximum absolute atomic E-state index is 11.7. The first-order chi connectivity index (χ1) is 10.5. The molecule has 3 rings (SSSR count). The van der Waals surface area contributed by atoms with Crippen LogP contribution in [0.4, 0.5) is 5.69 Å². The van der Waals surface area contributed by atoms with Crippen LogP contribution in [0, 0.1) is 10.1 Å². The van der Waals surface area contributed by atoms with Crippen LogP contribution < -0.4 is 5.32 Å². The summed E-state index contributed by atoms with van der Waals surface area (Å²) in [7, 11) is 0. The van der Waals surface area contributed by atoms with Gasteiger partial charge < -0.3 is 9.88 Å². The molecule has 0 spiro atoms. The number of non-ortho nitro benzene ring substituents is 1. The second-order valence-corrected chi connectivity index (χ2v) is 6.15. The molecule has 0 atom stereocenters. The summed E-state index contributed by atoms with van der Waals surface area (Å²) in [5.41, 5.74) is 1.40. The number of hydrogen-bond acceptors (Lipinski definition) is 5. The topological polar surface area (TPSA) is 77.2 Å². The quantitative estimate of drug-likeness (QED) is 0.405. The van der Waals surface area contributed by atoms with E-state index in [4.69, 9.17) is 12.2 Å². The average molecular weight is 331 g/mol. The lowest BCUT2D eigenvalue weighted by molar-refractivity contribution is -0.384. The zero-order chi connectivity index (χ0) is 15.7. The number of thioether (sulfide) groups is 1. The maximum Gasteiger partial charge on any atom is 0.271 e. The zero-order valence-electron chi connectivity index (χ0n) is 11.1. The fourth-order valence-electron chi connectivity index (χ4n) is 2.06. The number of aromatic nitrogens is 1. The molecule has 8 heteroatoms. The van der Waals surface area contributed by atoms with Crippen molar-refractivity contribution in [2.24, 2.45) is 0 Å². The highest BCUT2D eigenvalue weighted by Gasteiger charge is 2.22. The molecule has 1 fully saturated rings. The minimum Gasteiger partial charge on any atom is -0.317 e. The number of hydrogen-bond donors (Lipinski definition) is 1. The van der Waals surface area contributed by atoms with Crippen LogP contribution in [0.2, 0.25) is 0 Å². The Morgan fingerprint density at radius 1 is 1.32 bits per heavy atom. The van der Waals surface area contributed by atoms with Crippen molar-refractivity contribution in [2.75, 3.05) is 0 Å². The first-order valence-corrected chi connectivity index (χ1v) is 7.44. The Kier molecular flexibility index (Phi) is 3.78. The summed E-state index contributed by atoms with van der Waals surface area (Å²) >= 11 is 6.14. The largest absolute Gasteiger partial charge is 0.317 e. The van der Waals surface area contributed by atoms with Crippen molar-refractivity contribution < 1.29 is 9.72 Å². The van der Waals surface area contributed by atoms with Crippen molar-refractivity contribution in [2.45, 2.75) is 0 Å². The molecule has 1 aromatic heterocycles. The molecule has 110 valence electrons. The number of amides is 1. The van der Waals surface area contributed by atoms with Gasteiger partial charge in [-0.05, 0) is 24.3 Å². The van der Waals surface area contributed by atoms with E-state index in [-0.39, 0.29) is 11.6 Å². The fourth-order valence-corrected chi connectivity index (χ4v) is 3.09. The van der Waals surface area contributed by atoms with Crippen molar-refractivity contribution in [1.82, 2.24) is 9.88 Å². The van der Waals surface area contributed by atoms with Crippen molar-refractivity contribution in [1.29, 1.82) is 0 Å². The molecular weight excluding hydrogens is 322 g/mol. The molecule has 6 nitrogen and oxygen atoms in total. The molecule has 1 aromatic carbocycles. The number of carbonyl (C=O) groups is 1. The van der Waals surface area contributed by atoms with Gasteiger partial charge in [-0.15, -0.1) is 0 Å². The van der Waals surface area contributed by atoms with Gasteiger partial charge in [0.1, 0.15) is 4.32 Å². The summed E-state index contributed by atoms with van der Waals surface area (Å²) in [6, 6.07) is 9.93. The molecule has 0 unspecified atom stereocenters. The van der Waals surface area contributed by atoms with Crippen molar-refractivity contribution in [3.63, 3.8) is 0 Å². The maximum atomic E-state index is 11.7. The first kappa shape index (κ1) is 14.5. The molecule has 0 radical (unpaired) electrons. The highest BCUT2D eigenvalue weighted by molar-refractivity contribution is 8.26. The van der Waals surface area contributed by atoms with Crippen LogP contribution in [-0.4, -0.2) is 19.7 Å². The van der Waals surface area contributed by atoms with Gasteiger partial charge in [-0.1, -0.05) is 30.0 Å². The molecule has 0 saturated carbocycles. The van der Waals surface area contributed by atoms with Crippen molar-refractivity contribution in [3.8, 4) is 5.69 Å². The van der Waals surface area contributed by atoms with Gasteiger partial charge in [0.2, 0.25) is 0 Å². The van der Waals surface area contributed by atoms with E-state index in [1.54, 1.807) is 35.0 Å². The lowest BCUT2D eigenvalue weighted by atomic mass is 10.2. The summed E-state index contributed by atoms with van der Waals surface area (Å²) in [6.07, 6.45) is 3.49. The monoisotopic (exact) mass is 331 g/mol. The van der Waals surface area contributed by atoms with E-state index in [1.165, 1.54) is 23.9 Å². The molecule has 0 aliphatic carbocycles. The third-order valence-corrected chi connectivity index (χ3v) is 4.18. The standard InChI is InChI=1S/C14H9N3O3S2/c18-13-12(22-14(21)15-13)8-10-5-2-6-16(10)9-3-1-4-11(7-9)17(19)20/h1-8H,(H,15,18,21). The van der Waals surface area contributed by atoms with E-state index in [2.05, 4.69) is 5.32 Å². The minimum atomic E-state index is -0.441. The number of rotatable bonds is 3. The van der Waals surface area contributed by atoms with Gasteiger partial charge in [0.25, 0.3) is 11.6 Å². The number of benzene rings is 1. The average Bonchev–Trinajstić information content (AvgIpc) is 3.06. The predicted octanol–water partition coefficient (Wildman–Crippen LogP) is 2.87. The highest BCUT2D eigenvalue weighted by atomic mass is 32.2. The Hall–Kier alpha value is -2.45. The van der Waals surface area contributed by atoms with Crippen LogP contribution in [0.25, 0.3) is 11.8 Å². The lowest BCUT2D eigenvalue weighted by Gasteiger charge is -2.06. The van der Waals surface area contributed by atoms with Crippen LogP contribution in [0.1, 0.15) is 5.69 Å². The van der Waals surface area contributed by atoms with E-state index in [9.17, 15) is 14.9 Å². The van der Waals surface area contributed by atoms with Gasteiger partial charge in [0, 0.05) is 24.0 Å². The zero-order valence-corrected chi connectivity index (χ0v) is 12.7. The number of nitro groups is 1. The van der Waals surface area contributed by atoms with Crippen LogP contribution in [0.3, 0.4) is 0 Å². The lowest BCUT2D eigenvalue weighted by Crippen LogP contribution is -2.17. The Labute approximate surface area is 135 Å². The smallest absolute Gasteiger partial charge is 0.271 e. The second-order valence-electron chi connectivity index (χ2n) is 4.43. The molecule has 2 heterocycles. The van der Waals surface area contributed by atoms with Gasteiger partial charge in [0.15, 0.2) is 0 Å². The van der Waals surface area contributed by atoms with Crippen LogP contribution >= 0.6 is 24.0 Å². The number of carbonyl (C=O) groups excluding carboxylic acids is 1. The van der Waals surface area contributed by atoms with Gasteiger partial charge in [-0.2, -0.15) is 0 Å². The third-order valence-electron chi connectivity index (χ3n) is 3.02. The predicted molar refractivity (Wildman–Crippen MR) is 88.7 cm³/mol. The molecular formula is C14H9N3O3S2. The summed E-state index contributed by atoms with van der Waals surface area (Å²) in [5, 5.41) is 13.4. The van der Waals surface area contributed by atoms with Crippen molar-refractivity contribution in [3.05, 3.63) is 63.3 Å². The van der Waals surface area contributed by atoms with E-state index >= 15 is 0 Å². The van der Waals surface area contributed by atoms with Gasteiger partial charge in [-0.25, -0.2) is 0 Å².